The van der Waals surface area contributed by atoms with Crippen molar-refractivity contribution in [1.29, 1.82) is 0 Å². The minimum Gasteiger partial charge on any atom is -0.331 e. The Morgan fingerprint density at radius 2 is 1.91 bits per heavy atom. The highest BCUT2D eigenvalue weighted by Crippen LogP contribution is 2.37. The Hall–Kier alpha value is -2.20. The van der Waals surface area contributed by atoms with Gasteiger partial charge in [0.1, 0.15) is 5.82 Å². The van der Waals surface area contributed by atoms with Crippen LogP contribution in [-0.2, 0) is 6.54 Å². The minimum atomic E-state index is -0.247. The van der Waals surface area contributed by atoms with Gasteiger partial charge in [0.2, 0.25) is 0 Å². The van der Waals surface area contributed by atoms with Crippen molar-refractivity contribution >= 4 is 5.91 Å². The Balaban J connectivity index is 1.89. The fourth-order valence-corrected chi connectivity index (χ4v) is 3.26. The highest BCUT2D eigenvalue weighted by atomic mass is 19.1. The van der Waals surface area contributed by atoms with Crippen molar-refractivity contribution < 1.29 is 9.18 Å². The summed E-state index contributed by atoms with van der Waals surface area (Å²) < 4.78 is 14.2. The van der Waals surface area contributed by atoms with E-state index in [1.807, 2.05) is 18.2 Å². The summed E-state index contributed by atoms with van der Waals surface area (Å²) in [4.78, 5) is 14.7. The van der Waals surface area contributed by atoms with Crippen molar-refractivity contribution in [3.63, 3.8) is 0 Å². The first-order valence-corrected chi connectivity index (χ1v) is 7.94. The Morgan fingerprint density at radius 3 is 2.57 bits per heavy atom. The molecular weight excluding hydrogens is 291 g/mol. The Labute approximate surface area is 135 Å². The van der Waals surface area contributed by atoms with Crippen LogP contribution in [0, 0.1) is 11.7 Å². The second kappa shape index (κ2) is 6.50. The predicted octanol–water partition coefficient (Wildman–Crippen LogP) is 3.51. The molecule has 2 atom stereocenters. The van der Waals surface area contributed by atoms with E-state index in [2.05, 4.69) is 6.92 Å². The highest BCUT2D eigenvalue weighted by Gasteiger charge is 2.35. The van der Waals surface area contributed by atoms with Gasteiger partial charge < -0.3 is 10.6 Å². The van der Waals surface area contributed by atoms with E-state index in [9.17, 15) is 9.18 Å². The van der Waals surface area contributed by atoms with Crippen molar-refractivity contribution in [1.82, 2.24) is 4.90 Å². The second-order valence-electron chi connectivity index (χ2n) is 6.24. The molecule has 1 fully saturated rings. The minimum absolute atomic E-state index is 0.0498. The van der Waals surface area contributed by atoms with Gasteiger partial charge in [-0.25, -0.2) is 4.39 Å². The third-order valence-electron chi connectivity index (χ3n) is 4.47. The lowest BCUT2D eigenvalue weighted by Gasteiger charge is -2.25. The van der Waals surface area contributed by atoms with Crippen LogP contribution in [0.1, 0.15) is 40.9 Å². The van der Waals surface area contributed by atoms with Gasteiger partial charge in [0.25, 0.3) is 5.91 Å². The zero-order chi connectivity index (χ0) is 16.4. The van der Waals surface area contributed by atoms with Gasteiger partial charge in [-0.2, -0.15) is 0 Å². The van der Waals surface area contributed by atoms with E-state index < -0.39 is 0 Å². The summed E-state index contributed by atoms with van der Waals surface area (Å²) in [5, 5.41) is 0. The summed E-state index contributed by atoms with van der Waals surface area (Å²) >= 11 is 0. The molecule has 0 aromatic heterocycles. The van der Waals surface area contributed by atoms with Gasteiger partial charge in [-0.05, 0) is 36.1 Å². The zero-order valence-corrected chi connectivity index (χ0v) is 13.2. The molecule has 2 aromatic carbocycles. The van der Waals surface area contributed by atoms with Crippen LogP contribution in [0.5, 0.6) is 0 Å². The number of hydrogen-bond acceptors (Lipinski definition) is 2. The molecule has 2 N–H and O–H groups in total. The molecular formula is C19H21FN2O. The third-order valence-corrected chi connectivity index (χ3v) is 4.47. The highest BCUT2D eigenvalue weighted by molar-refractivity contribution is 5.94. The normalized spacial score (nSPS) is 20.7. The smallest absolute Gasteiger partial charge is 0.254 e. The van der Waals surface area contributed by atoms with Gasteiger partial charge in [0.05, 0.1) is 6.04 Å². The van der Waals surface area contributed by atoms with Crippen LogP contribution in [0.2, 0.25) is 0 Å². The number of carbonyl (C=O) groups is 1. The molecule has 1 aliphatic rings. The van der Waals surface area contributed by atoms with Gasteiger partial charge >= 0.3 is 0 Å². The summed E-state index contributed by atoms with van der Waals surface area (Å²) in [7, 11) is 0. The van der Waals surface area contributed by atoms with Crippen molar-refractivity contribution in [2.45, 2.75) is 25.9 Å². The molecule has 0 saturated carbocycles. The number of carbonyl (C=O) groups excluding carboxylic acids is 1. The molecule has 1 heterocycles. The maximum Gasteiger partial charge on any atom is 0.254 e. The number of benzene rings is 2. The van der Waals surface area contributed by atoms with E-state index in [4.69, 9.17) is 5.73 Å². The average molecular weight is 312 g/mol. The van der Waals surface area contributed by atoms with E-state index in [0.717, 1.165) is 12.0 Å². The van der Waals surface area contributed by atoms with Crippen LogP contribution in [-0.4, -0.2) is 17.4 Å². The number of nitrogens with two attached hydrogens (primary N) is 1. The molecule has 4 heteroatoms. The quantitative estimate of drug-likeness (QED) is 0.943. The Bertz CT molecular complexity index is 699. The first-order valence-electron chi connectivity index (χ1n) is 7.94. The van der Waals surface area contributed by atoms with Crippen LogP contribution >= 0.6 is 0 Å². The number of halogens is 1. The van der Waals surface area contributed by atoms with Gasteiger partial charge in [0.15, 0.2) is 0 Å². The molecule has 0 bridgehead atoms. The lowest BCUT2D eigenvalue weighted by atomic mass is 10.00. The predicted molar refractivity (Wildman–Crippen MR) is 88.3 cm³/mol. The van der Waals surface area contributed by atoms with Crippen molar-refractivity contribution in [3.8, 4) is 0 Å². The summed E-state index contributed by atoms with van der Waals surface area (Å²) in [6.07, 6.45) is 0.785. The average Bonchev–Trinajstić information content (AvgIpc) is 2.96. The standard InChI is InChI=1S/C19H21FN2O/c1-13-10-18(16-4-2-3-5-17(16)20)22(12-13)19(23)15-8-6-14(11-21)7-9-15/h2-9,13,18H,10-12,21H2,1H3. The number of amides is 1. The molecule has 23 heavy (non-hydrogen) atoms. The Kier molecular flexibility index (Phi) is 4.44. The van der Waals surface area contributed by atoms with E-state index in [0.29, 0.717) is 30.1 Å². The molecule has 120 valence electrons. The number of rotatable bonds is 3. The van der Waals surface area contributed by atoms with Crippen LogP contribution in [0.4, 0.5) is 4.39 Å². The molecule has 0 spiro atoms. The monoisotopic (exact) mass is 312 g/mol. The van der Waals surface area contributed by atoms with Crippen LogP contribution in [0.15, 0.2) is 48.5 Å². The topological polar surface area (TPSA) is 46.3 Å². The SMILES string of the molecule is CC1CC(c2ccccc2F)N(C(=O)c2ccc(CN)cc2)C1. The maximum absolute atomic E-state index is 14.2. The summed E-state index contributed by atoms with van der Waals surface area (Å²) in [5.74, 6) is 0.0564. The second-order valence-corrected chi connectivity index (χ2v) is 6.24. The molecule has 1 saturated heterocycles. The lowest BCUT2D eigenvalue weighted by molar-refractivity contribution is 0.0730. The fraction of sp³-hybridized carbons (Fsp3) is 0.316. The first kappa shape index (κ1) is 15.7. The van der Waals surface area contributed by atoms with E-state index in [-0.39, 0.29) is 17.8 Å². The van der Waals surface area contributed by atoms with Crippen LogP contribution in [0.3, 0.4) is 0 Å². The maximum atomic E-state index is 14.2. The van der Waals surface area contributed by atoms with Crippen LogP contribution < -0.4 is 5.73 Å². The number of hydrogen-bond donors (Lipinski definition) is 1. The van der Waals surface area contributed by atoms with Crippen molar-refractivity contribution in [3.05, 3.63) is 71.0 Å². The summed E-state index contributed by atoms with van der Waals surface area (Å²) in [5.41, 5.74) is 7.81. The summed E-state index contributed by atoms with van der Waals surface area (Å²) in [6, 6.07) is 13.8. The molecule has 0 radical (unpaired) electrons. The number of likely N-dealkylation sites (tertiary alicyclic amines) is 1. The molecule has 2 aromatic rings. The fourth-order valence-electron chi connectivity index (χ4n) is 3.26. The Morgan fingerprint density at radius 1 is 1.22 bits per heavy atom. The lowest BCUT2D eigenvalue weighted by Crippen LogP contribution is -2.31. The molecule has 1 aliphatic heterocycles. The van der Waals surface area contributed by atoms with E-state index in [1.165, 1.54) is 6.07 Å². The molecule has 0 aliphatic carbocycles. The van der Waals surface area contributed by atoms with Gasteiger partial charge in [-0.3, -0.25) is 4.79 Å². The zero-order valence-electron chi connectivity index (χ0n) is 13.2. The molecule has 3 rings (SSSR count). The largest absolute Gasteiger partial charge is 0.331 e. The molecule has 2 unspecified atom stereocenters. The van der Waals surface area contributed by atoms with E-state index in [1.54, 1.807) is 29.2 Å². The van der Waals surface area contributed by atoms with Gasteiger partial charge in [-0.1, -0.05) is 37.3 Å². The van der Waals surface area contributed by atoms with Gasteiger partial charge in [-0.15, -0.1) is 0 Å². The first-order chi connectivity index (χ1) is 11.1. The molecule has 3 nitrogen and oxygen atoms in total. The van der Waals surface area contributed by atoms with Crippen molar-refractivity contribution in [2.24, 2.45) is 11.7 Å². The molecule has 1 amide bonds. The van der Waals surface area contributed by atoms with Crippen molar-refractivity contribution in [2.75, 3.05) is 6.54 Å². The van der Waals surface area contributed by atoms with Crippen LogP contribution in [0.25, 0.3) is 0 Å². The summed E-state index contributed by atoms with van der Waals surface area (Å²) in [6.45, 7) is 3.20. The third kappa shape index (κ3) is 3.13. The van der Waals surface area contributed by atoms with Gasteiger partial charge in [0, 0.05) is 24.2 Å². The number of nitrogens with zero attached hydrogens (tertiary/aromatic N) is 1. The van der Waals surface area contributed by atoms with E-state index >= 15 is 0 Å².